The molecular weight excluding hydrogens is 376 g/mol. The zero-order valence-electron chi connectivity index (χ0n) is 15.0. The number of anilines is 1. The van der Waals surface area contributed by atoms with Crippen molar-refractivity contribution < 1.29 is 13.9 Å². The summed E-state index contributed by atoms with van der Waals surface area (Å²) in [5.41, 5.74) is 2.21. The summed E-state index contributed by atoms with van der Waals surface area (Å²) in [4.78, 5) is 16.6. The van der Waals surface area contributed by atoms with Crippen molar-refractivity contribution in [2.45, 2.75) is 5.22 Å². The molecule has 0 unspecified atom stereocenters. The van der Waals surface area contributed by atoms with Gasteiger partial charge in [-0.2, -0.15) is 0 Å². The number of aromatic nitrogens is 3. The number of carbonyl (C=O) groups is 1. The van der Waals surface area contributed by atoms with E-state index in [0.29, 0.717) is 16.8 Å². The van der Waals surface area contributed by atoms with Crippen LogP contribution in [0.25, 0.3) is 22.4 Å². The van der Waals surface area contributed by atoms with E-state index in [1.165, 1.54) is 11.8 Å². The van der Waals surface area contributed by atoms with E-state index < -0.39 is 0 Å². The largest absolute Gasteiger partial charge is 0.497 e. The molecule has 8 heteroatoms. The van der Waals surface area contributed by atoms with Crippen LogP contribution in [0.2, 0.25) is 0 Å². The molecule has 0 aliphatic carbocycles. The van der Waals surface area contributed by atoms with Gasteiger partial charge in [-0.25, -0.2) is 0 Å². The molecule has 7 nitrogen and oxygen atoms in total. The maximum absolute atomic E-state index is 12.3. The highest BCUT2D eigenvalue weighted by Crippen LogP contribution is 2.25. The van der Waals surface area contributed by atoms with Crippen molar-refractivity contribution in [1.29, 1.82) is 0 Å². The number of nitrogens with zero attached hydrogens (tertiary/aromatic N) is 3. The number of carbonyl (C=O) groups excluding carboxylic acids is 1. The lowest BCUT2D eigenvalue weighted by Gasteiger charge is -2.07. The number of para-hydroxylation sites is 1. The van der Waals surface area contributed by atoms with E-state index in [2.05, 4.69) is 20.5 Å². The SMILES string of the molecule is COc1ccc(-c2nnc(SCC(=O)Nc3cccc4cccnc34)o2)cc1. The molecule has 0 radical (unpaired) electrons. The lowest BCUT2D eigenvalue weighted by atomic mass is 10.2. The van der Waals surface area contributed by atoms with E-state index in [-0.39, 0.29) is 11.7 Å². The first-order valence-electron chi connectivity index (χ1n) is 8.47. The number of benzene rings is 2. The molecule has 28 heavy (non-hydrogen) atoms. The second kappa shape index (κ2) is 8.10. The highest BCUT2D eigenvalue weighted by Gasteiger charge is 2.12. The first-order chi connectivity index (χ1) is 13.7. The standard InChI is InChI=1S/C20H16N4O3S/c1-26-15-9-7-14(8-10-15)19-23-24-20(27-19)28-12-17(25)22-16-6-2-4-13-5-3-11-21-18(13)16/h2-11H,12H2,1H3,(H,22,25). The van der Waals surface area contributed by atoms with Crippen molar-refractivity contribution >= 4 is 34.3 Å². The average molecular weight is 392 g/mol. The Labute approximate surface area is 165 Å². The van der Waals surface area contributed by atoms with Gasteiger partial charge in [-0.15, -0.1) is 10.2 Å². The first-order valence-corrected chi connectivity index (χ1v) is 9.46. The third-order valence-electron chi connectivity index (χ3n) is 3.98. The Hall–Kier alpha value is -3.39. The fourth-order valence-corrected chi connectivity index (χ4v) is 3.20. The van der Waals surface area contributed by atoms with Crippen molar-refractivity contribution in [3.63, 3.8) is 0 Å². The molecule has 140 valence electrons. The van der Waals surface area contributed by atoms with E-state index in [0.717, 1.165) is 22.2 Å². The van der Waals surface area contributed by atoms with Gasteiger partial charge in [0.2, 0.25) is 11.8 Å². The molecule has 0 fully saturated rings. The van der Waals surface area contributed by atoms with Gasteiger partial charge in [0.15, 0.2) is 0 Å². The molecule has 0 aliphatic rings. The molecule has 2 aromatic carbocycles. The molecule has 2 aromatic heterocycles. The summed E-state index contributed by atoms with van der Waals surface area (Å²) >= 11 is 1.18. The topological polar surface area (TPSA) is 90.1 Å². The minimum absolute atomic E-state index is 0.146. The highest BCUT2D eigenvalue weighted by atomic mass is 32.2. The quantitative estimate of drug-likeness (QED) is 0.496. The van der Waals surface area contributed by atoms with Crippen LogP contribution in [0.3, 0.4) is 0 Å². The minimum Gasteiger partial charge on any atom is -0.497 e. The smallest absolute Gasteiger partial charge is 0.277 e. The number of ether oxygens (including phenoxy) is 1. The molecule has 0 atom stereocenters. The van der Waals surface area contributed by atoms with Crippen LogP contribution < -0.4 is 10.1 Å². The van der Waals surface area contributed by atoms with Crippen molar-refractivity contribution in [1.82, 2.24) is 15.2 Å². The molecule has 1 N–H and O–H groups in total. The molecule has 0 bridgehead atoms. The molecule has 0 aliphatic heterocycles. The Bertz CT molecular complexity index is 1110. The fraction of sp³-hybridized carbons (Fsp3) is 0.100. The second-order valence-electron chi connectivity index (χ2n) is 5.82. The number of fused-ring (bicyclic) bond motifs is 1. The Kier molecular flexibility index (Phi) is 5.20. The normalized spacial score (nSPS) is 10.8. The van der Waals surface area contributed by atoms with Gasteiger partial charge in [0.25, 0.3) is 5.22 Å². The van der Waals surface area contributed by atoms with Gasteiger partial charge in [0.05, 0.1) is 24.1 Å². The Morgan fingerprint density at radius 3 is 2.75 bits per heavy atom. The number of nitrogens with one attached hydrogen (secondary N) is 1. The highest BCUT2D eigenvalue weighted by molar-refractivity contribution is 7.99. The third-order valence-corrected chi connectivity index (χ3v) is 4.80. The molecule has 4 aromatic rings. The maximum atomic E-state index is 12.3. The van der Waals surface area contributed by atoms with Crippen LogP contribution in [0.1, 0.15) is 0 Å². The van der Waals surface area contributed by atoms with Gasteiger partial charge in [-0.3, -0.25) is 9.78 Å². The van der Waals surface area contributed by atoms with Crippen molar-refractivity contribution in [3.05, 3.63) is 60.8 Å². The number of thioether (sulfide) groups is 1. The monoisotopic (exact) mass is 392 g/mol. The van der Waals surface area contributed by atoms with Gasteiger partial charge in [0.1, 0.15) is 5.75 Å². The van der Waals surface area contributed by atoms with Crippen LogP contribution in [0.15, 0.2) is 70.4 Å². The number of pyridine rings is 1. The molecule has 4 rings (SSSR count). The number of methoxy groups -OCH3 is 1. The van der Waals surface area contributed by atoms with Crippen LogP contribution in [-0.2, 0) is 4.79 Å². The summed E-state index contributed by atoms with van der Waals surface area (Å²) in [5, 5.41) is 12.2. The minimum atomic E-state index is -0.174. The van der Waals surface area contributed by atoms with Gasteiger partial charge in [0, 0.05) is 17.1 Å². The molecule has 2 heterocycles. The average Bonchev–Trinajstić information content (AvgIpc) is 3.22. The Morgan fingerprint density at radius 1 is 1.11 bits per heavy atom. The summed E-state index contributed by atoms with van der Waals surface area (Å²) in [6, 6.07) is 16.8. The fourth-order valence-electron chi connectivity index (χ4n) is 2.64. The Morgan fingerprint density at radius 2 is 1.93 bits per heavy atom. The van der Waals surface area contributed by atoms with Gasteiger partial charge in [-0.05, 0) is 36.4 Å². The van der Waals surface area contributed by atoms with Gasteiger partial charge in [-0.1, -0.05) is 30.0 Å². The molecular formula is C20H16N4O3S. The number of hydrogen-bond donors (Lipinski definition) is 1. The first kappa shape index (κ1) is 18.0. The van der Waals surface area contributed by atoms with E-state index in [1.54, 1.807) is 13.3 Å². The van der Waals surface area contributed by atoms with Crippen LogP contribution in [0, 0.1) is 0 Å². The molecule has 1 amide bonds. The third kappa shape index (κ3) is 3.96. The van der Waals surface area contributed by atoms with Gasteiger partial charge >= 0.3 is 0 Å². The predicted octanol–water partition coefficient (Wildman–Crippen LogP) is 4.02. The summed E-state index contributed by atoms with van der Waals surface area (Å²) in [7, 11) is 1.61. The number of amides is 1. The van der Waals surface area contributed by atoms with E-state index in [1.807, 2.05) is 54.6 Å². The van der Waals surface area contributed by atoms with E-state index in [4.69, 9.17) is 9.15 Å². The maximum Gasteiger partial charge on any atom is 0.277 e. The molecule has 0 saturated carbocycles. The van der Waals surface area contributed by atoms with E-state index in [9.17, 15) is 4.79 Å². The number of hydrogen-bond acceptors (Lipinski definition) is 7. The van der Waals surface area contributed by atoms with E-state index >= 15 is 0 Å². The second-order valence-corrected chi connectivity index (χ2v) is 6.75. The lowest BCUT2D eigenvalue weighted by Crippen LogP contribution is -2.14. The van der Waals surface area contributed by atoms with Crippen LogP contribution in [0.5, 0.6) is 5.75 Å². The van der Waals surface area contributed by atoms with Crippen LogP contribution in [-0.4, -0.2) is 34.0 Å². The van der Waals surface area contributed by atoms with Crippen LogP contribution in [0.4, 0.5) is 5.69 Å². The summed E-state index contributed by atoms with van der Waals surface area (Å²) in [6.07, 6.45) is 1.70. The zero-order chi connectivity index (χ0) is 19.3. The van der Waals surface area contributed by atoms with Gasteiger partial charge < -0.3 is 14.5 Å². The van der Waals surface area contributed by atoms with Crippen molar-refractivity contribution in [2.75, 3.05) is 18.2 Å². The molecule has 0 saturated heterocycles. The number of rotatable bonds is 6. The zero-order valence-corrected chi connectivity index (χ0v) is 15.8. The van der Waals surface area contributed by atoms with Crippen molar-refractivity contribution in [3.8, 4) is 17.2 Å². The lowest BCUT2D eigenvalue weighted by molar-refractivity contribution is -0.113. The summed E-state index contributed by atoms with van der Waals surface area (Å²) in [6.45, 7) is 0. The Balaban J connectivity index is 1.39. The van der Waals surface area contributed by atoms with Crippen LogP contribution >= 0.6 is 11.8 Å². The van der Waals surface area contributed by atoms with Crippen molar-refractivity contribution in [2.24, 2.45) is 0 Å². The summed E-state index contributed by atoms with van der Waals surface area (Å²) < 4.78 is 10.8. The predicted molar refractivity (Wildman–Crippen MR) is 107 cm³/mol. The summed E-state index contributed by atoms with van der Waals surface area (Å²) in [5.74, 6) is 1.11. The molecule has 0 spiro atoms.